The van der Waals surface area contributed by atoms with Crippen LogP contribution in [0, 0.1) is 6.92 Å². The number of aryl methyl sites for hydroxylation is 1. The van der Waals surface area contributed by atoms with Gasteiger partial charge < -0.3 is 20.4 Å². The number of halogens is 1. The van der Waals surface area contributed by atoms with Crippen LogP contribution in [0.25, 0.3) is 5.69 Å². The third kappa shape index (κ3) is 4.71. The summed E-state index contributed by atoms with van der Waals surface area (Å²) >= 11 is 5.82. The molecule has 0 aliphatic heterocycles. The maximum Gasteiger partial charge on any atom is 0.330 e. The molecule has 2 aromatic carbocycles. The number of carbonyl (C=O) groups is 1. The lowest BCUT2D eigenvalue weighted by atomic mass is 10.2. The number of nitrogens with zero attached hydrogens (tertiary/aromatic N) is 1. The lowest BCUT2D eigenvalue weighted by Crippen LogP contribution is -2.32. The van der Waals surface area contributed by atoms with E-state index < -0.39 is 0 Å². The van der Waals surface area contributed by atoms with Gasteiger partial charge in [0.2, 0.25) is 0 Å². The third-order valence-corrected chi connectivity index (χ3v) is 4.08. The fourth-order valence-corrected chi connectivity index (χ4v) is 2.69. The second-order valence-corrected chi connectivity index (χ2v) is 6.21. The summed E-state index contributed by atoms with van der Waals surface area (Å²) < 4.78 is 7.02. The Kier molecular flexibility index (Phi) is 5.83. The van der Waals surface area contributed by atoms with E-state index >= 15 is 0 Å². The van der Waals surface area contributed by atoms with Crippen molar-refractivity contribution >= 4 is 23.3 Å². The van der Waals surface area contributed by atoms with Gasteiger partial charge in [0.25, 0.3) is 0 Å². The molecule has 140 valence electrons. The van der Waals surface area contributed by atoms with Crippen LogP contribution in [0.5, 0.6) is 5.75 Å². The van der Waals surface area contributed by atoms with Gasteiger partial charge in [-0.2, -0.15) is 0 Å². The molecule has 0 aliphatic rings. The maximum absolute atomic E-state index is 12.2. The fourth-order valence-electron chi connectivity index (χ4n) is 2.56. The van der Waals surface area contributed by atoms with E-state index in [0.29, 0.717) is 35.3 Å². The predicted molar refractivity (Wildman–Crippen MR) is 105 cm³/mol. The highest BCUT2D eigenvalue weighted by atomic mass is 35.5. The van der Waals surface area contributed by atoms with E-state index in [0.717, 1.165) is 5.69 Å². The van der Waals surface area contributed by atoms with E-state index in [1.165, 1.54) is 4.57 Å². The van der Waals surface area contributed by atoms with Gasteiger partial charge in [-0.15, -0.1) is 0 Å². The quantitative estimate of drug-likeness (QED) is 0.568. The summed E-state index contributed by atoms with van der Waals surface area (Å²) in [7, 11) is 0. The number of para-hydroxylation sites is 2. The van der Waals surface area contributed by atoms with Gasteiger partial charge in [0.1, 0.15) is 12.4 Å². The number of urea groups is 1. The van der Waals surface area contributed by atoms with Crippen LogP contribution in [-0.2, 0) is 0 Å². The second-order valence-electron chi connectivity index (χ2n) is 5.77. The highest BCUT2D eigenvalue weighted by Gasteiger charge is 2.11. The molecule has 0 radical (unpaired) electrons. The Labute approximate surface area is 160 Å². The van der Waals surface area contributed by atoms with E-state index in [4.69, 9.17) is 16.3 Å². The van der Waals surface area contributed by atoms with Crippen molar-refractivity contribution in [2.75, 3.05) is 18.5 Å². The number of carbonyl (C=O) groups excluding carboxylic acids is 1. The molecule has 2 amide bonds. The molecule has 7 nitrogen and oxygen atoms in total. The summed E-state index contributed by atoms with van der Waals surface area (Å²) in [5.41, 5.74) is 1.59. The Hall–Kier alpha value is -3.19. The van der Waals surface area contributed by atoms with Crippen molar-refractivity contribution in [1.29, 1.82) is 0 Å². The first kappa shape index (κ1) is 18.6. The molecular weight excluding hydrogens is 368 g/mol. The molecule has 8 heteroatoms. The summed E-state index contributed by atoms with van der Waals surface area (Å²) in [6.07, 6.45) is 1.62. The Balaban J connectivity index is 1.57. The molecule has 27 heavy (non-hydrogen) atoms. The van der Waals surface area contributed by atoms with Gasteiger partial charge in [-0.05, 0) is 43.3 Å². The zero-order chi connectivity index (χ0) is 19.2. The summed E-state index contributed by atoms with van der Waals surface area (Å²) in [4.78, 5) is 26.8. The molecule has 0 atom stereocenters. The number of H-pyrrole nitrogens is 1. The minimum Gasteiger partial charge on any atom is -0.492 e. The monoisotopic (exact) mass is 386 g/mol. The standard InChI is InChI=1S/C19H19ClN4O3/c1-13-12-22-19(26)24(13)17-5-3-2-4-16(17)23-18(25)21-10-11-27-15-8-6-14(20)7-9-15/h2-9,12H,10-11H2,1H3,(H,22,26)(H2,21,23,25). The lowest BCUT2D eigenvalue weighted by Gasteiger charge is -2.13. The van der Waals surface area contributed by atoms with Gasteiger partial charge in [-0.25, -0.2) is 9.59 Å². The first-order valence-corrected chi connectivity index (χ1v) is 8.72. The highest BCUT2D eigenvalue weighted by Crippen LogP contribution is 2.19. The van der Waals surface area contributed by atoms with E-state index in [2.05, 4.69) is 15.6 Å². The number of aromatic amines is 1. The summed E-state index contributed by atoms with van der Waals surface area (Å²) in [5, 5.41) is 6.12. The molecule has 0 fully saturated rings. The normalized spacial score (nSPS) is 10.4. The van der Waals surface area contributed by atoms with Crippen LogP contribution in [0.4, 0.5) is 10.5 Å². The zero-order valence-corrected chi connectivity index (χ0v) is 15.4. The van der Waals surface area contributed by atoms with Gasteiger partial charge >= 0.3 is 11.7 Å². The molecule has 0 saturated carbocycles. The molecule has 0 spiro atoms. The van der Waals surface area contributed by atoms with Gasteiger partial charge in [0, 0.05) is 16.9 Å². The number of benzene rings is 2. The smallest absolute Gasteiger partial charge is 0.330 e. The van der Waals surface area contributed by atoms with E-state index in [1.54, 1.807) is 54.7 Å². The Morgan fingerprint density at radius 1 is 1.19 bits per heavy atom. The first-order valence-electron chi connectivity index (χ1n) is 8.34. The van der Waals surface area contributed by atoms with Gasteiger partial charge in [0.15, 0.2) is 0 Å². The molecule has 0 unspecified atom stereocenters. The van der Waals surface area contributed by atoms with Crippen molar-refractivity contribution < 1.29 is 9.53 Å². The fraction of sp³-hybridized carbons (Fsp3) is 0.158. The molecule has 1 aromatic heterocycles. The summed E-state index contributed by atoms with van der Waals surface area (Å²) in [6.45, 7) is 2.44. The van der Waals surface area contributed by atoms with Gasteiger partial charge in [0.05, 0.1) is 17.9 Å². The molecule has 3 N–H and O–H groups in total. The number of aromatic nitrogens is 2. The average Bonchev–Trinajstić information content (AvgIpc) is 2.99. The largest absolute Gasteiger partial charge is 0.492 e. The molecule has 0 saturated heterocycles. The summed E-state index contributed by atoms with van der Waals surface area (Å²) in [6, 6.07) is 13.7. The predicted octanol–water partition coefficient (Wildman–Crippen LogP) is 3.33. The lowest BCUT2D eigenvalue weighted by molar-refractivity contribution is 0.247. The molecule has 0 aliphatic carbocycles. The number of amides is 2. The minimum atomic E-state index is -0.386. The minimum absolute atomic E-state index is 0.265. The van der Waals surface area contributed by atoms with Gasteiger partial charge in [-0.3, -0.25) is 4.57 Å². The third-order valence-electron chi connectivity index (χ3n) is 3.82. The Morgan fingerprint density at radius 2 is 1.93 bits per heavy atom. The number of hydrogen-bond donors (Lipinski definition) is 3. The molecule has 3 rings (SSSR count). The van der Waals surface area contributed by atoms with Crippen LogP contribution in [0.1, 0.15) is 5.69 Å². The van der Waals surface area contributed by atoms with Crippen LogP contribution in [0.2, 0.25) is 5.02 Å². The van der Waals surface area contributed by atoms with E-state index in [9.17, 15) is 9.59 Å². The number of anilines is 1. The first-order chi connectivity index (χ1) is 13.0. The van der Waals surface area contributed by atoms with Crippen molar-refractivity contribution in [3.05, 3.63) is 75.9 Å². The number of imidazole rings is 1. The van der Waals surface area contributed by atoms with Gasteiger partial charge in [-0.1, -0.05) is 23.7 Å². The maximum atomic E-state index is 12.2. The second kappa shape index (κ2) is 8.46. The highest BCUT2D eigenvalue weighted by molar-refractivity contribution is 6.30. The van der Waals surface area contributed by atoms with Crippen molar-refractivity contribution in [2.45, 2.75) is 6.92 Å². The van der Waals surface area contributed by atoms with Crippen molar-refractivity contribution in [3.8, 4) is 11.4 Å². The molecule has 0 bridgehead atoms. The number of nitrogens with one attached hydrogen (secondary N) is 3. The van der Waals surface area contributed by atoms with Crippen LogP contribution in [0.15, 0.2) is 59.5 Å². The number of ether oxygens (including phenoxy) is 1. The van der Waals surface area contributed by atoms with Crippen molar-refractivity contribution in [1.82, 2.24) is 14.9 Å². The van der Waals surface area contributed by atoms with Crippen molar-refractivity contribution in [3.63, 3.8) is 0 Å². The zero-order valence-electron chi connectivity index (χ0n) is 14.7. The molecule has 1 heterocycles. The van der Waals surface area contributed by atoms with Crippen LogP contribution in [0.3, 0.4) is 0 Å². The SMILES string of the molecule is Cc1c[nH]c(=O)n1-c1ccccc1NC(=O)NCCOc1ccc(Cl)cc1. The molecular formula is C19H19ClN4O3. The summed E-state index contributed by atoms with van der Waals surface area (Å²) in [5.74, 6) is 0.675. The topological polar surface area (TPSA) is 88.2 Å². The average molecular weight is 387 g/mol. The number of hydrogen-bond acceptors (Lipinski definition) is 3. The Morgan fingerprint density at radius 3 is 2.63 bits per heavy atom. The Bertz CT molecular complexity index is 979. The van der Waals surface area contributed by atoms with E-state index in [1.807, 2.05) is 6.92 Å². The van der Waals surface area contributed by atoms with Crippen LogP contribution in [-0.4, -0.2) is 28.7 Å². The van der Waals surface area contributed by atoms with Crippen molar-refractivity contribution in [2.24, 2.45) is 0 Å². The molecule has 3 aromatic rings. The van der Waals surface area contributed by atoms with E-state index in [-0.39, 0.29) is 11.7 Å². The number of rotatable bonds is 6. The van der Waals surface area contributed by atoms with Crippen LogP contribution < -0.4 is 21.1 Å². The van der Waals surface area contributed by atoms with Crippen LogP contribution >= 0.6 is 11.6 Å².